The van der Waals surface area contributed by atoms with E-state index in [4.69, 9.17) is 4.74 Å². The number of rotatable bonds is 4. The minimum Gasteiger partial charge on any atom is -0.374 e. The maximum atomic E-state index is 13.0. The van der Waals surface area contributed by atoms with Crippen molar-refractivity contribution in [2.24, 2.45) is 0 Å². The van der Waals surface area contributed by atoms with Crippen LogP contribution in [-0.2, 0) is 15.1 Å². The highest BCUT2D eigenvalue weighted by Crippen LogP contribution is 2.28. The van der Waals surface area contributed by atoms with Crippen LogP contribution < -0.4 is 5.32 Å². The third-order valence-electron chi connectivity index (χ3n) is 3.55. The van der Waals surface area contributed by atoms with Gasteiger partial charge in [0.1, 0.15) is 11.4 Å². The van der Waals surface area contributed by atoms with Gasteiger partial charge in [0.15, 0.2) is 0 Å². The molecule has 1 aliphatic heterocycles. The molecule has 1 saturated heterocycles. The number of nitrogens with zero attached hydrogens (tertiary/aromatic N) is 1. The van der Waals surface area contributed by atoms with Gasteiger partial charge in [-0.25, -0.2) is 9.18 Å². The van der Waals surface area contributed by atoms with E-state index in [1.807, 2.05) is 20.8 Å². The first-order valence-corrected chi connectivity index (χ1v) is 7.17. The number of carbonyl (C=O) groups is 2. The van der Waals surface area contributed by atoms with Crippen LogP contribution in [-0.4, -0.2) is 35.6 Å². The lowest BCUT2D eigenvalue weighted by Gasteiger charge is -2.23. The summed E-state index contributed by atoms with van der Waals surface area (Å²) in [4.78, 5) is 25.8. The van der Waals surface area contributed by atoms with Gasteiger partial charge < -0.3 is 10.1 Å². The number of urea groups is 1. The predicted molar refractivity (Wildman–Crippen MR) is 79.7 cm³/mol. The van der Waals surface area contributed by atoms with E-state index in [2.05, 4.69) is 5.32 Å². The summed E-state index contributed by atoms with van der Waals surface area (Å²) in [5.41, 5.74) is -0.960. The Hall–Kier alpha value is -1.95. The smallest absolute Gasteiger partial charge is 0.325 e. The zero-order valence-electron chi connectivity index (χ0n) is 13.3. The molecule has 6 heteroatoms. The monoisotopic (exact) mass is 308 g/mol. The summed E-state index contributed by atoms with van der Waals surface area (Å²) in [6.45, 7) is 7.77. The SMILES string of the molecule is CC(C)(C)OCCN1C(=O)N[C@](C)(c2ccc(F)cc2)C1=O. The van der Waals surface area contributed by atoms with Crippen molar-refractivity contribution in [2.45, 2.75) is 38.8 Å². The van der Waals surface area contributed by atoms with Gasteiger partial charge in [0.25, 0.3) is 5.91 Å². The van der Waals surface area contributed by atoms with E-state index >= 15 is 0 Å². The molecule has 0 unspecified atom stereocenters. The molecule has 5 nitrogen and oxygen atoms in total. The molecule has 3 amide bonds. The lowest BCUT2D eigenvalue weighted by molar-refractivity contribution is -0.132. The molecule has 1 aliphatic rings. The van der Waals surface area contributed by atoms with Gasteiger partial charge in [-0.15, -0.1) is 0 Å². The molecule has 0 aromatic heterocycles. The minimum absolute atomic E-state index is 0.179. The number of carbonyl (C=O) groups excluding carboxylic acids is 2. The van der Waals surface area contributed by atoms with Gasteiger partial charge in [-0.2, -0.15) is 0 Å². The van der Waals surface area contributed by atoms with Crippen LogP contribution in [0.15, 0.2) is 24.3 Å². The molecule has 1 N–H and O–H groups in total. The third kappa shape index (κ3) is 3.27. The second-order valence-corrected chi connectivity index (χ2v) is 6.48. The summed E-state index contributed by atoms with van der Waals surface area (Å²) in [6.07, 6.45) is 0. The fourth-order valence-corrected chi connectivity index (χ4v) is 2.32. The van der Waals surface area contributed by atoms with Crippen LogP contribution in [0.4, 0.5) is 9.18 Å². The van der Waals surface area contributed by atoms with Crippen molar-refractivity contribution in [3.8, 4) is 0 Å². The van der Waals surface area contributed by atoms with Gasteiger partial charge >= 0.3 is 6.03 Å². The van der Waals surface area contributed by atoms with Gasteiger partial charge in [-0.05, 0) is 45.4 Å². The Labute approximate surface area is 129 Å². The number of hydrogen-bond donors (Lipinski definition) is 1. The van der Waals surface area contributed by atoms with Crippen molar-refractivity contribution in [3.63, 3.8) is 0 Å². The second-order valence-electron chi connectivity index (χ2n) is 6.48. The quantitative estimate of drug-likeness (QED) is 0.869. The topological polar surface area (TPSA) is 58.6 Å². The molecule has 0 bridgehead atoms. The molecular weight excluding hydrogens is 287 g/mol. The van der Waals surface area contributed by atoms with E-state index in [-0.39, 0.29) is 30.5 Å². The standard InChI is InChI=1S/C16H21FN2O3/c1-15(2,3)22-10-9-19-13(20)16(4,18-14(19)21)11-5-7-12(17)8-6-11/h5-8H,9-10H2,1-4H3,(H,18,21)/t16-/m1/s1. The van der Waals surface area contributed by atoms with Crippen molar-refractivity contribution in [2.75, 3.05) is 13.2 Å². The van der Waals surface area contributed by atoms with E-state index < -0.39 is 11.6 Å². The van der Waals surface area contributed by atoms with Crippen LogP contribution in [0, 0.1) is 5.82 Å². The van der Waals surface area contributed by atoms with Crippen LogP contribution in [0.2, 0.25) is 0 Å². The highest BCUT2D eigenvalue weighted by atomic mass is 19.1. The van der Waals surface area contributed by atoms with E-state index in [1.54, 1.807) is 6.92 Å². The minimum atomic E-state index is -1.17. The molecule has 1 heterocycles. The van der Waals surface area contributed by atoms with E-state index in [0.29, 0.717) is 5.56 Å². The largest absolute Gasteiger partial charge is 0.374 e. The molecule has 0 saturated carbocycles. The summed E-state index contributed by atoms with van der Waals surface area (Å²) in [5, 5.41) is 2.67. The zero-order valence-corrected chi connectivity index (χ0v) is 13.3. The number of nitrogens with one attached hydrogen (secondary N) is 1. The van der Waals surface area contributed by atoms with Crippen molar-refractivity contribution in [3.05, 3.63) is 35.6 Å². The van der Waals surface area contributed by atoms with Crippen molar-refractivity contribution >= 4 is 11.9 Å². The van der Waals surface area contributed by atoms with Gasteiger partial charge in [0.2, 0.25) is 0 Å². The van der Waals surface area contributed by atoms with Crippen LogP contribution in [0.1, 0.15) is 33.3 Å². The summed E-state index contributed by atoms with van der Waals surface area (Å²) in [5.74, 6) is -0.749. The van der Waals surface area contributed by atoms with Gasteiger partial charge in [0.05, 0.1) is 18.8 Å². The molecular formula is C16H21FN2O3. The Morgan fingerprint density at radius 1 is 1.23 bits per heavy atom. The summed E-state index contributed by atoms with van der Waals surface area (Å²) in [6, 6.07) is 5.08. The Kier molecular flexibility index (Phi) is 4.24. The van der Waals surface area contributed by atoms with Crippen LogP contribution in [0.25, 0.3) is 0 Å². The van der Waals surface area contributed by atoms with Crippen molar-refractivity contribution in [1.29, 1.82) is 0 Å². The van der Waals surface area contributed by atoms with Crippen molar-refractivity contribution in [1.82, 2.24) is 10.2 Å². The molecule has 1 atom stereocenters. The van der Waals surface area contributed by atoms with E-state index in [0.717, 1.165) is 4.90 Å². The Bertz CT molecular complexity index is 580. The first kappa shape index (κ1) is 16.4. The molecule has 2 rings (SSSR count). The summed E-state index contributed by atoms with van der Waals surface area (Å²) in [7, 11) is 0. The van der Waals surface area contributed by atoms with Gasteiger partial charge in [0, 0.05) is 0 Å². The molecule has 0 spiro atoms. The Morgan fingerprint density at radius 3 is 2.36 bits per heavy atom. The van der Waals surface area contributed by atoms with Crippen LogP contribution in [0.3, 0.4) is 0 Å². The Morgan fingerprint density at radius 2 is 1.82 bits per heavy atom. The first-order valence-electron chi connectivity index (χ1n) is 7.17. The number of ether oxygens (including phenoxy) is 1. The number of amides is 3. The van der Waals surface area contributed by atoms with E-state index in [1.165, 1.54) is 24.3 Å². The predicted octanol–water partition coefficient (Wildman–Crippen LogP) is 2.41. The molecule has 0 aliphatic carbocycles. The van der Waals surface area contributed by atoms with Gasteiger partial charge in [-0.1, -0.05) is 12.1 Å². The average Bonchev–Trinajstić information content (AvgIpc) is 2.62. The normalized spacial score (nSPS) is 22.1. The first-order chi connectivity index (χ1) is 10.1. The summed E-state index contributed by atoms with van der Waals surface area (Å²) < 4.78 is 18.6. The fourth-order valence-electron chi connectivity index (χ4n) is 2.32. The number of hydrogen-bond acceptors (Lipinski definition) is 3. The highest BCUT2D eigenvalue weighted by molar-refractivity contribution is 6.07. The molecule has 1 fully saturated rings. The summed E-state index contributed by atoms with van der Waals surface area (Å²) >= 11 is 0. The van der Waals surface area contributed by atoms with Crippen molar-refractivity contribution < 1.29 is 18.7 Å². The van der Waals surface area contributed by atoms with Crippen LogP contribution >= 0.6 is 0 Å². The zero-order chi connectivity index (χ0) is 16.5. The molecule has 0 radical (unpaired) electrons. The Balaban J connectivity index is 2.12. The molecule has 1 aromatic rings. The lowest BCUT2D eigenvalue weighted by Crippen LogP contribution is -2.41. The molecule has 1 aromatic carbocycles. The fraction of sp³-hybridized carbons (Fsp3) is 0.500. The lowest BCUT2D eigenvalue weighted by atomic mass is 9.92. The molecule has 22 heavy (non-hydrogen) atoms. The average molecular weight is 308 g/mol. The van der Waals surface area contributed by atoms with Gasteiger partial charge in [-0.3, -0.25) is 9.69 Å². The third-order valence-corrected chi connectivity index (χ3v) is 3.55. The number of halogens is 1. The maximum absolute atomic E-state index is 13.0. The van der Waals surface area contributed by atoms with Crippen LogP contribution in [0.5, 0.6) is 0 Å². The molecule has 120 valence electrons. The highest BCUT2D eigenvalue weighted by Gasteiger charge is 2.48. The van der Waals surface area contributed by atoms with E-state index in [9.17, 15) is 14.0 Å². The second kappa shape index (κ2) is 5.68. The number of imide groups is 1. The maximum Gasteiger partial charge on any atom is 0.325 e. The number of benzene rings is 1.